The van der Waals surface area contributed by atoms with E-state index in [1.165, 1.54) is 19.5 Å². The predicted octanol–water partition coefficient (Wildman–Crippen LogP) is 2.03. The van der Waals surface area contributed by atoms with Gasteiger partial charge in [0.2, 0.25) is 5.91 Å². The Bertz CT molecular complexity index is 1200. The first-order valence-electron chi connectivity index (χ1n) is 11.9. The fraction of sp³-hybridized carbons (Fsp3) is 0.364. The van der Waals surface area contributed by atoms with Gasteiger partial charge in [-0.3, -0.25) is 14.6 Å². The summed E-state index contributed by atoms with van der Waals surface area (Å²) in [7, 11) is 1.44. The molecule has 2 aromatic rings. The van der Waals surface area contributed by atoms with Gasteiger partial charge in [-0.2, -0.15) is 11.8 Å². The Kier molecular flexibility index (Phi) is 7.36. The molecule has 1 saturated carbocycles. The number of benzene rings is 1. The Hall–Kier alpha value is -3.67. The molecule has 0 unspecified atom stereocenters. The quantitative estimate of drug-likeness (QED) is 0.213. The number of para-hydroxylation sites is 1. The molecule has 2 amide bonds. The number of hydrogen-bond acceptors (Lipinski definition) is 8. The average Bonchev–Trinajstić information content (AvgIpc) is 3.68. The van der Waals surface area contributed by atoms with E-state index in [9.17, 15) is 9.59 Å². The lowest BCUT2D eigenvalue weighted by Crippen LogP contribution is -2.22. The summed E-state index contributed by atoms with van der Waals surface area (Å²) in [5.74, 6) is 0.149. The molecule has 1 aliphatic rings. The summed E-state index contributed by atoms with van der Waals surface area (Å²) < 4.78 is 27.6. The molecular formula is C22H28N8O3S. The second kappa shape index (κ2) is 12.0. The van der Waals surface area contributed by atoms with E-state index in [2.05, 4.69) is 30.8 Å². The van der Waals surface area contributed by atoms with Gasteiger partial charge >= 0.3 is 0 Å². The van der Waals surface area contributed by atoms with Gasteiger partial charge in [0.05, 0.1) is 24.0 Å². The summed E-state index contributed by atoms with van der Waals surface area (Å²) in [4.78, 5) is 33.2. The number of aliphatic imine (C=N–C) groups is 2. The lowest BCUT2D eigenvalue weighted by Gasteiger charge is -2.16. The lowest BCUT2D eigenvalue weighted by atomic mass is 10.1. The van der Waals surface area contributed by atoms with Crippen LogP contribution in [0.3, 0.4) is 0 Å². The van der Waals surface area contributed by atoms with Crippen molar-refractivity contribution in [2.75, 3.05) is 43.3 Å². The van der Waals surface area contributed by atoms with Crippen molar-refractivity contribution in [1.29, 1.82) is 0 Å². The molecule has 0 aliphatic heterocycles. The maximum Gasteiger partial charge on any atom is 0.273 e. The van der Waals surface area contributed by atoms with Crippen molar-refractivity contribution in [3.05, 3.63) is 35.5 Å². The first-order chi connectivity index (χ1) is 17.6. The minimum Gasteiger partial charge on any atom is -0.494 e. The van der Waals surface area contributed by atoms with Gasteiger partial charge in [0.15, 0.2) is 17.3 Å². The van der Waals surface area contributed by atoms with Crippen molar-refractivity contribution in [1.82, 2.24) is 15.5 Å². The third-order valence-electron chi connectivity index (χ3n) is 4.79. The van der Waals surface area contributed by atoms with Crippen molar-refractivity contribution < 1.29 is 18.4 Å². The summed E-state index contributed by atoms with van der Waals surface area (Å²) in [6.07, 6.45) is 4.94. The van der Waals surface area contributed by atoms with Crippen LogP contribution < -0.4 is 26.4 Å². The molecule has 180 valence electrons. The highest BCUT2D eigenvalue weighted by molar-refractivity contribution is 7.98. The van der Waals surface area contributed by atoms with Gasteiger partial charge in [-0.25, -0.2) is 4.99 Å². The Balaban J connectivity index is 1.95. The van der Waals surface area contributed by atoms with Gasteiger partial charge in [0.1, 0.15) is 12.2 Å². The number of thioether (sulfide) groups is 1. The van der Waals surface area contributed by atoms with Gasteiger partial charge in [-0.1, -0.05) is 6.07 Å². The van der Waals surface area contributed by atoms with Gasteiger partial charge < -0.3 is 26.4 Å². The van der Waals surface area contributed by atoms with Crippen molar-refractivity contribution in [2.24, 2.45) is 21.6 Å². The lowest BCUT2D eigenvalue weighted by molar-refractivity contribution is -0.117. The highest BCUT2D eigenvalue weighted by Crippen LogP contribution is 2.33. The fourth-order valence-corrected chi connectivity index (χ4v) is 3.21. The van der Waals surface area contributed by atoms with E-state index in [0.717, 1.165) is 18.6 Å². The molecule has 0 radical (unpaired) electrons. The van der Waals surface area contributed by atoms with E-state index in [1.54, 1.807) is 30.0 Å². The molecule has 1 heterocycles. The number of nitrogens with two attached hydrogens (primary N) is 1. The molecule has 1 aliphatic carbocycles. The predicted molar refractivity (Wildman–Crippen MR) is 136 cm³/mol. The minimum atomic E-state index is -2.74. The number of aromatic nitrogens is 2. The minimum absolute atomic E-state index is 0.0833. The molecule has 1 fully saturated rings. The second-order valence-electron chi connectivity index (χ2n) is 7.25. The van der Waals surface area contributed by atoms with E-state index in [4.69, 9.17) is 14.6 Å². The van der Waals surface area contributed by atoms with Crippen LogP contribution in [-0.2, 0) is 4.79 Å². The average molecular weight is 488 g/mol. The van der Waals surface area contributed by atoms with E-state index in [1.807, 2.05) is 11.6 Å². The first kappa shape index (κ1) is 20.9. The highest BCUT2D eigenvalue weighted by atomic mass is 32.2. The topological polar surface area (TPSA) is 156 Å². The summed E-state index contributed by atoms with van der Waals surface area (Å²) in [5.41, 5.74) is 6.79. The van der Waals surface area contributed by atoms with Gasteiger partial charge in [0.25, 0.3) is 5.91 Å². The zero-order chi connectivity index (χ0) is 27.0. The van der Waals surface area contributed by atoms with E-state index < -0.39 is 12.9 Å². The number of amidine groups is 1. The van der Waals surface area contributed by atoms with E-state index in [0.29, 0.717) is 23.5 Å². The smallest absolute Gasteiger partial charge is 0.273 e. The number of hydrogen-bond donors (Lipinski definition) is 4. The number of rotatable bonds is 11. The molecule has 34 heavy (non-hydrogen) atoms. The van der Waals surface area contributed by atoms with Crippen LogP contribution in [0, 0.1) is 5.92 Å². The third-order valence-corrected chi connectivity index (χ3v) is 5.38. The van der Waals surface area contributed by atoms with Gasteiger partial charge in [0, 0.05) is 35.4 Å². The molecule has 0 bridgehead atoms. The molecule has 0 atom stereocenters. The number of amides is 2. The molecular weight excluding hydrogens is 456 g/mol. The molecule has 5 N–H and O–H groups in total. The maximum atomic E-state index is 12.7. The van der Waals surface area contributed by atoms with Crippen LogP contribution in [0.1, 0.15) is 33.0 Å². The zero-order valence-electron chi connectivity index (χ0n) is 21.8. The Morgan fingerprint density at radius 3 is 2.88 bits per heavy atom. The van der Waals surface area contributed by atoms with E-state index >= 15 is 0 Å². The van der Waals surface area contributed by atoms with Crippen molar-refractivity contribution in [3.8, 4) is 5.75 Å². The SMILES string of the molecule is [2H]C([2H])([2H])NC(=O)c1nnc(NC(=O)C2CC2)cc1Nc1cccc(C(N)=NC=NCCSC)c1OC. The monoisotopic (exact) mass is 487 g/mol. The van der Waals surface area contributed by atoms with Crippen molar-refractivity contribution in [2.45, 2.75) is 12.8 Å². The van der Waals surface area contributed by atoms with Crippen LogP contribution in [-0.4, -0.2) is 66.8 Å². The number of nitrogens with zero attached hydrogens (tertiary/aromatic N) is 4. The number of methoxy groups -OCH3 is 1. The summed E-state index contributed by atoms with van der Waals surface area (Å²) in [6.45, 7) is -2.14. The van der Waals surface area contributed by atoms with Crippen LogP contribution in [0.15, 0.2) is 34.3 Å². The van der Waals surface area contributed by atoms with Crippen LogP contribution in [0.4, 0.5) is 17.2 Å². The molecule has 1 aromatic carbocycles. The van der Waals surface area contributed by atoms with Crippen molar-refractivity contribution >= 4 is 52.9 Å². The Labute approximate surface area is 206 Å². The van der Waals surface area contributed by atoms with Crippen LogP contribution in [0.5, 0.6) is 5.75 Å². The van der Waals surface area contributed by atoms with Gasteiger partial charge in [-0.05, 0) is 31.2 Å². The normalized spacial score (nSPS) is 15.2. The first-order valence-corrected chi connectivity index (χ1v) is 11.8. The molecule has 0 spiro atoms. The number of anilines is 3. The number of carbonyl (C=O) groups is 2. The summed E-state index contributed by atoms with van der Waals surface area (Å²) in [5, 5.41) is 15.3. The number of ether oxygens (including phenoxy) is 1. The second-order valence-corrected chi connectivity index (χ2v) is 8.24. The molecule has 0 saturated heterocycles. The van der Waals surface area contributed by atoms with Gasteiger partial charge in [-0.15, -0.1) is 10.2 Å². The fourth-order valence-electron chi connectivity index (χ4n) is 2.93. The van der Waals surface area contributed by atoms with Crippen molar-refractivity contribution in [3.63, 3.8) is 0 Å². The molecule has 1 aromatic heterocycles. The highest BCUT2D eigenvalue weighted by Gasteiger charge is 2.30. The molecule has 12 heteroatoms. The molecule has 3 rings (SSSR count). The van der Waals surface area contributed by atoms with Crippen LogP contribution in [0.2, 0.25) is 0 Å². The largest absolute Gasteiger partial charge is 0.494 e. The van der Waals surface area contributed by atoms with Crippen LogP contribution >= 0.6 is 11.8 Å². The number of carbonyl (C=O) groups excluding carboxylic acids is 2. The van der Waals surface area contributed by atoms with Crippen LogP contribution in [0.25, 0.3) is 0 Å². The Morgan fingerprint density at radius 1 is 1.35 bits per heavy atom. The third kappa shape index (κ3) is 6.44. The standard InChI is InChI=1S/C22H28N8O3S/c1-24-22(32)18-16(11-17(29-30-18)28-21(31)13-7-8-13)27-15-6-4-5-14(19(15)33-2)20(23)26-12-25-9-10-34-3/h4-6,11-13H,7-10H2,1-3H3,(H,24,32)(H2,23,25,26)(H2,27,28,29,31)/i1D3. The van der Waals surface area contributed by atoms with E-state index in [-0.39, 0.29) is 34.9 Å². The Morgan fingerprint density at radius 2 is 2.18 bits per heavy atom. The maximum absolute atomic E-state index is 12.7. The zero-order valence-corrected chi connectivity index (χ0v) is 19.6. The molecule has 11 nitrogen and oxygen atoms in total. The number of nitrogens with one attached hydrogen (secondary N) is 3. The summed E-state index contributed by atoms with van der Waals surface area (Å²) >= 11 is 1.67. The summed E-state index contributed by atoms with van der Waals surface area (Å²) in [6, 6.07) is 6.45.